The fourth-order valence-electron chi connectivity index (χ4n) is 2.91. The predicted octanol–water partition coefficient (Wildman–Crippen LogP) is 4.31. The summed E-state index contributed by atoms with van der Waals surface area (Å²) in [6, 6.07) is 16.1. The van der Waals surface area contributed by atoms with Crippen LogP contribution in [-0.4, -0.2) is 27.3 Å². The maximum absolute atomic E-state index is 12.2. The Morgan fingerprint density at radius 3 is 2.74 bits per heavy atom. The van der Waals surface area contributed by atoms with Crippen molar-refractivity contribution in [3.05, 3.63) is 82.9 Å². The fraction of sp³-hybridized carbons (Fsp3) is 0.0870. The second-order valence-electron chi connectivity index (χ2n) is 6.70. The van der Waals surface area contributed by atoms with Crippen LogP contribution >= 0.6 is 0 Å². The number of rotatable bonds is 4. The zero-order valence-corrected chi connectivity index (χ0v) is 16.4. The van der Waals surface area contributed by atoms with Crippen molar-refractivity contribution in [1.82, 2.24) is 10.1 Å². The first-order valence-corrected chi connectivity index (χ1v) is 9.31. The molecule has 4 aromatic rings. The number of H-pyrrole nitrogens is 1. The maximum Gasteiger partial charge on any atom is 0.412 e. The highest BCUT2D eigenvalue weighted by Gasteiger charge is 2.15. The Balaban J connectivity index is 1.49. The third-order valence-corrected chi connectivity index (χ3v) is 4.48. The zero-order chi connectivity index (χ0) is 21.8. The van der Waals surface area contributed by atoms with Crippen molar-refractivity contribution in [1.29, 1.82) is 0 Å². The lowest BCUT2D eigenvalue weighted by Crippen LogP contribution is -2.14. The molecule has 2 aromatic heterocycles. The summed E-state index contributed by atoms with van der Waals surface area (Å²) < 4.78 is 10.4. The van der Waals surface area contributed by atoms with Gasteiger partial charge in [0.25, 0.3) is 0 Å². The SMILES string of the molecule is Cc1noc(C#Cc2ccc3cc(C(=O)O)[nH]c3c2)c1NC(=O)OCc1ccccc1. The lowest BCUT2D eigenvalue weighted by molar-refractivity contribution is 0.0691. The number of amides is 1. The number of carboxylic acids is 1. The van der Waals surface area contributed by atoms with E-state index in [9.17, 15) is 9.59 Å². The van der Waals surface area contributed by atoms with E-state index in [1.54, 1.807) is 31.2 Å². The normalized spacial score (nSPS) is 10.4. The molecule has 0 radical (unpaired) electrons. The summed E-state index contributed by atoms with van der Waals surface area (Å²) in [7, 11) is 0. The standard InChI is InChI=1S/C23H17N3O5/c1-14-21(25-23(29)30-13-16-5-3-2-4-6-16)20(31-26-14)10-8-15-7-9-17-12-19(22(27)28)24-18(17)11-15/h2-7,9,11-12,24H,13H2,1H3,(H,25,29)(H,27,28). The molecule has 31 heavy (non-hydrogen) atoms. The van der Waals surface area contributed by atoms with E-state index >= 15 is 0 Å². The van der Waals surface area contributed by atoms with Crippen molar-refractivity contribution in [3.8, 4) is 11.8 Å². The van der Waals surface area contributed by atoms with Gasteiger partial charge in [0.2, 0.25) is 5.76 Å². The number of aromatic nitrogens is 2. The summed E-state index contributed by atoms with van der Waals surface area (Å²) in [4.78, 5) is 26.1. The third-order valence-electron chi connectivity index (χ3n) is 4.48. The van der Waals surface area contributed by atoms with E-state index in [0.29, 0.717) is 22.5 Å². The lowest BCUT2D eigenvalue weighted by Gasteiger charge is -2.06. The van der Waals surface area contributed by atoms with Gasteiger partial charge in [-0.15, -0.1) is 0 Å². The van der Waals surface area contributed by atoms with Gasteiger partial charge in [-0.1, -0.05) is 47.5 Å². The summed E-state index contributed by atoms with van der Waals surface area (Å²) in [5.41, 5.74) is 3.06. The monoisotopic (exact) mass is 415 g/mol. The van der Waals surface area contributed by atoms with Gasteiger partial charge in [-0.25, -0.2) is 9.59 Å². The van der Waals surface area contributed by atoms with Gasteiger partial charge in [0.1, 0.15) is 23.7 Å². The number of aromatic amines is 1. The minimum absolute atomic E-state index is 0.103. The highest BCUT2D eigenvalue weighted by Crippen LogP contribution is 2.21. The number of aryl methyl sites for hydroxylation is 1. The number of benzene rings is 2. The quantitative estimate of drug-likeness (QED) is 0.428. The molecule has 1 amide bonds. The highest BCUT2D eigenvalue weighted by molar-refractivity contribution is 5.94. The molecule has 0 aliphatic heterocycles. The molecular formula is C23H17N3O5. The molecule has 0 aliphatic carbocycles. The number of carbonyl (C=O) groups excluding carboxylic acids is 1. The minimum atomic E-state index is -1.03. The number of nitrogens with one attached hydrogen (secondary N) is 2. The molecule has 0 aliphatic rings. The molecule has 0 saturated heterocycles. The molecular weight excluding hydrogens is 398 g/mol. The Morgan fingerprint density at radius 2 is 1.97 bits per heavy atom. The van der Waals surface area contributed by atoms with Crippen molar-refractivity contribution in [2.45, 2.75) is 13.5 Å². The van der Waals surface area contributed by atoms with Crippen LogP contribution in [0.2, 0.25) is 0 Å². The van der Waals surface area contributed by atoms with Crippen LogP contribution in [0.25, 0.3) is 10.9 Å². The maximum atomic E-state index is 12.2. The van der Waals surface area contributed by atoms with E-state index in [4.69, 9.17) is 14.4 Å². The van der Waals surface area contributed by atoms with E-state index in [1.807, 2.05) is 30.3 Å². The fourth-order valence-corrected chi connectivity index (χ4v) is 2.91. The Morgan fingerprint density at radius 1 is 1.16 bits per heavy atom. The molecule has 0 bridgehead atoms. The van der Waals surface area contributed by atoms with Gasteiger partial charge in [0, 0.05) is 16.5 Å². The first-order valence-electron chi connectivity index (χ1n) is 9.31. The molecule has 0 fully saturated rings. The molecule has 0 spiro atoms. The Hall–Kier alpha value is -4.51. The van der Waals surface area contributed by atoms with Crippen molar-refractivity contribution in [2.24, 2.45) is 0 Å². The van der Waals surface area contributed by atoms with E-state index in [-0.39, 0.29) is 18.1 Å². The number of fused-ring (bicyclic) bond motifs is 1. The van der Waals surface area contributed by atoms with Gasteiger partial charge in [0.15, 0.2) is 0 Å². The molecule has 8 nitrogen and oxygen atoms in total. The van der Waals surface area contributed by atoms with E-state index in [1.165, 1.54) is 0 Å². The number of hydrogen-bond donors (Lipinski definition) is 3. The molecule has 0 atom stereocenters. The topological polar surface area (TPSA) is 117 Å². The van der Waals surface area contributed by atoms with Crippen LogP contribution in [-0.2, 0) is 11.3 Å². The highest BCUT2D eigenvalue weighted by atomic mass is 16.5. The number of carboxylic acid groups (broad SMARTS) is 1. The van der Waals surface area contributed by atoms with E-state index in [2.05, 4.69) is 27.3 Å². The van der Waals surface area contributed by atoms with Gasteiger partial charge in [0.05, 0.1) is 0 Å². The Kier molecular flexibility index (Phi) is 5.41. The van der Waals surface area contributed by atoms with Crippen LogP contribution < -0.4 is 5.32 Å². The number of aromatic carboxylic acids is 1. The van der Waals surface area contributed by atoms with Crippen LogP contribution in [0, 0.1) is 18.8 Å². The van der Waals surface area contributed by atoms with Crippen molar-refractivity contribution >= 4 is 28.7 Å². The van der Waals surface area contributed by atoms with E-state index in [0.717, 1.165) is 10.9 Å². The number of nitrogens with zero attached hydrogens (tertiary/aromatic N) is 1. The first-order chi connectivity index (χ1) is 15.0. The number of hydrogen-bond acceptors (Lipinski definition) is 5. The molecule has 4 rings (SSSR count). The van der Waals surface area contributed by atoms with E-state index < -0.39 is 12.1 Å². The van der Waals surface area contributed by atoms with Crippen LogP contribution in [0.1, 0.15) is 33.1 Å². The Bertz CT molecular complexity index is 1330. The summed E-state index contributed by atoms with van der Waals surface area (Å²) in [6.45, 7) is 1.81. The van der Waals surface area contributed by atoms with Gasteiger partial charge in [-0.3, -0.25) is 5.32 Å². The molecule has 0 unspecified atom stereocenters. The zero-order valence-electron chi connectivity index (χ0n) is 16.4. The van der Waals surface area contributed by atoms with Gasteiger partial charge >= 0.3 is 12.1 Å². The minimum Gasteiger partial charge on any atom is -0.477 e. The summed E-state index contributed by atoms with van der Waals surface area (Å²) in [6.07, 6.45) is -0.646. The average Bonchev–Trinajstić information content (AvgIpc) is 3.35. The Labute approximate surface area is 176 Å². The number of carbonyl (C=O) groups is 2. The van der Waals surface area contributed by atoms with Crippen molar-refractivity contribution in [2.75, 3.05) is 5.32 Å². The second-order valence-corrected chi connectivity index (χ2v) is 6.70. The average molecular weight is 415 g/mol. The van der Waals surface area contributed by atoms with Gasteiger partial charge < -0.3 is 19.4 Å². The molecule has 154 valence electrons. The smallest absolute Gasteiger partial charge is 0.412 e. The summed E-state index contributed by atoms with van der Waals surface area (Å²) in [5, 5.41) is 16.3. The third kappa shape index (κ3) is 4.57. The second kappa shape index (κ2) is 8.47. The summed E-state index contributed by atoms with van der Waals surface area (Å²) in [5.74, 6) is 4.93. The van der Waals surface area contributed by atoms with Crippen LogP contribution in [0.4, 0.5) is 10.5 Å². The number of anilines is 1. The molecule has 3 N–H and O–H groups in total. The van der Waals surface area contributed by atoms with Crippen LogP contribution in [0.5, 0.6) is 0 Å². The molecule has 2 heterocycles. The predicted molar refractivity (Wildman–Crippen MR) is 113 cm³/mol. The van der Waals surface area contributed by atoms with Crippen molar-refractivity contribution < 1.29 is 24.0 Å². The molecule has 2 aromatic carbocycles. The molecule has 8 heteroatoms. The lowest BCUT2D eigenvalue weighted by atomic mass is 10.1. The van der Waals surface area contributed by atoms with Crippen LogP contribution in [0.15, 0.2) is 59.1 Å². The van der Waals surface area contributed by atoms with Crippen molar-refractivity contribution in [3.63, 3.8) is 0 Å². The summed E-state index contributed by atoms with van der Waals surface area (Å²) >= 11 is 0. The van der Waals surface area contributed by atoms with Gasteiger partial charge in [-0.05, 0) is 36.6 Å². The number of ether oxygens (including phenoxy) is 1. The molecule has 0 saturated carbocycles. The van der Waals surface area contributed by atoms with Gasteiger partial charge in [-0.2, -0.15) is 0 Å². The first kappa shape index (κ1) is 19.8. The van der Waals surface area contributed by atoms with Crippen LogP contribution in [0.3, 0.4) is 0 Å². The largest absolute Gasteiger partial charge is 0.477 e.